The maximum absolute atomic E-state index is 11.7. The molecule has 0 radical (unpaired) electrons. The van der Waals surface area contributed by atoms with Crippen molar-refractivity contribution in [1.82, 2.24) is 5.32 Å². The van der Waals surface area contributed by atoms with Crippen LogP contribution in [0.5, 0.6) is 0 Å². The van der Waals surface area contributed by atoms with Crippen LogP contribution in [0.2, 0.25) is 0 Å². The monoisotopic (exact) mass is 387 g/mol. The number of rotatable bonds is 6. The number of aryl methyl sites for hydroxylation is 1. The molecule has 0 bridgehead atoms. The number of amides is 1. The molecule has 5 heteroatoms. The first-order valence-corrected chi connectivity index (χ1v) is 8.25. The lowest BCUT2D eigenvalue weighted by molar-refractivity contribution is -0.143. The summed E-state index contributed by atoms with van der Waals surface area (Å²) in [7, 11) is 0. The zero-order valence-corrected chi connectivity index (χ0v) is 14.9. The molecule has 0 heterocycles. The topological polar surface area (TPSA) is 55.4 Å². The number of nitrogens with one attached hydrogen (secondary N) is 1. The lowest BCUT2D eigenvalue weighted by Crippen LogP contribution is -2.28. The van der Waals surface area contributed by atoms with Crippen LogP contribution in [0.1, 0.15) is 16.7 Å². The third-order valence-corrected chi connectivity index (χ3v) is 3.84. The summed E-state index contributed by atoms with van der Waals surface area (Å²) in [6, 6.07) is 15.3. The van der Waals surface area contributed by atoms with Crippen LogP contribution in [0.3, 0.4) is 0 Å². The number of carbonyl (C=O) groups excluding carboxylic acids is 2. The lowest BCUT2D eigenvalue weighted by atomic mass is 10.1. The average molecular weight is 388 g/mol. The predicted octanol–water partition coefficient (Wildman–Crippen LogP) is 3.63. The third kappa shape index (κ3) is 6.01. The standard InChI is InChI=1S/C19H18BrNO3/c1-14-5-2-3-7-16(14)12-21-18(22)13-24-19(23)10-9-15-6-4-8-17(20)11-15/h2-11H,12-13H2,1H3,(H,21,22)/b10-9+. The van der Waals surface area contributed by atoms with Crippen molar-refractivity contribution >= 4 is 33.9 Å². The minimum Gasteiger partial charge on any atom is -0.452 e. The summed E-state index contributed by atoms with van der Waals surface area (Å²) in [4.78, 5) is 23.4. The zero-order chi connectivity index (χ0) is 17.4. The van der Waals surface area contributed by atoms with Gasteiger partial charge in [0, 0.05) is 17.1 Å². The molecule has 2 rings (SSSR count). The van der Waals surface area contributed by atoms with Gasteiger partial charge in [-0.15, -0.1) is 0 Å². The van der Waals surface area contributed by atoms with Gasteiger partial charge >= 0.3 is 5.97 Å². The van der Waals surface area contributed by atoms with E-state index in [1.54, 1.807) is 6.08 Å². The molecule has 0 atom stereocenters. The summed E-state index contributed by atoms with van der Waals surface area (Å²) in [5.74, 6) is -0.886. The summed E-state index contributed by atoms with van der Waals surface area (Å²) in [6.07, 6.45) is 2.94. The van der Waals surface area contributed by atoms with Crippen LogP contribution < -0.4 is 5.32 Å². The molecule has 2 aromatic rings. The highest BCUT2D eigenvalue weighted by atomic mass is 79.9. The van der Waals surface area contributed by atoms with Crippen molar-refractivity contribution in [3.63, 3.8) is 0 Å². The highest BCUT2D eigenvalue weighted by molar-refractivity contribution is 9.10. The van der Waals surface area contributed by atoms with Crippen molar-refractivity contribution in [3.05, 3.63) is 75.8 Å². The van der Waals surface area contributed by atoms with Crippen LogP contribution in [0, 0.1) is 6.92 Å². The molecule has 0 saturated heterocycles. The van der Waals surface area contributed by atoms with Gasteiger partial charge in [0.15, 0.2) is 6.61 Å². The molecule has 0 aliphatic heterocycles. The second-order valence-electron chi connectivity index (χ2n) is 5.20. The summed E-state index contributed by atoms with van der Waals surface area (Å²) in [6.45, 7) is 2.10. The summed E-state index contributed by atoms with van der Waals surface area (Å²) in [5, 5.41) is 2.73. The van der Waals surface area contributed by atoms with Gasteiger partial charge in [0.05, 0.1) is 0 Å². The fourth-order valence-electron chi connectivity index (χ4n) is 2.01. The number of halogens is 1. The van der Waals surface area contributed by atoms with Crippen molar-refractivity contribution in [1.29, 1.82) is 0 Å². The molecule has 0 spiro atoms. The molecule has 4 nitrogen and oxygen atoms in total. The number of benzene rings is 2. The molecule has 0 fully saturated rings. The normalized spacial score (nSPS) is 10.6. The van der Waals surface area contributed by atoms with E-state index in [2.05, 4.69) is 21.2 Å². The first-order valence-electron chi connectivity index (χ1n) is 7.46. The molecular formula is C19H18BrNO3. The molecule has 124 valence electrons. The van der Waals surface area contributed by atoms with E-state index in [0.717, 1.165) is 21.2 Å². The molecule has 0 unspecified atom stereocenters. The Kier molecular flexibility index (Phi) is 6.75. The second kappa shape index (κ2) is 9.03. The van der Waals surface area contributed by atoms with Gasteiger partial charge in [0.1, 0.15) is 0 Å². The van der Waals surface area contributed by atoms with Crippen LogP contribution in [0.25, 0.3) is 6.08 Å². The van der Waals surface area contributed by atoms with Gasteiger partial charge in [-0.1, -0.05) is 52.3 Å². The number of esters is 1. The maximum atomic E-state index is 11.7. The van der Waals surface area contributed by atoms with E-state index in [9.17, 15) is 9.59 Å². The minimum absolute atomic E-state index is 0.298. The SMILES string of the molecule is Cc1ccccc1CNC(=O)COC(=O)/C=C/c1cccc(Br)c1. The van der Waals surface area contributed by atoms with E-state index in [0.29, 0.717) is 6.54 Å². The van der Waals surface area contributed by atoms with E-state index in [1.807, 2.05) is 55.5 Å². The molecular weight excluding hydrogens is 370 g/mol. The minimum atomic E-state index is -0.555. The van der Waals surface area contributed by atoms with Gasteiger partial charge in [-0.05, 0) is 41.8 Å². The molecule has 0 saturated carbocycles. The largest absolute Gasteiger partial charge is 0.452 e. The first kappa shape index (κ1) is 17.9. The Morgan fingerprint density at radius 1 is 1.17 bits per heavy atom. The Morgan fingerprint density at radius 2 is 1.96 bits per heavy atom. The summed E-state index contributed by atoms with van der Waals surface area (Å²) in [5.41, 5.74) is 3.00. The van der Waals surface area contributed by atoms with Crippen LogP contribution in [-0.2, 0) is 20.9 Å². The van der Waals surface area contributed by atoms with Crippen LogP contribution >= 0.6 is 15.9 Å². The van der Waals surface area contributed by atoms with E-state index in [1.165, 1.54) is 6.08 Å². The Hall–Kier alpha value is -2.40. The molecule has 2 aromatic carbocycles. The third-order valence-electron chi connectivity index (χ3n) is 3.34. The van der Waals surface area contributed by atoms with Gasteiger partial charge < -0.3 is 10.1 Å². The maximum Gasteiger partial charge on any atom is 0.331 e. The molecule has 1 amide bonds. The first-order chi connectivity index (χ1) is 11.5. The number of carbonyl (C=O) groups is 2. The van der Waals surface area contributed by atoms with Crippen molar-refractivity contribution in [3.8, 4) is 0 Å². The average Bonchev–Trinajstić information content (AvgIpc) is 2.57. The van der Waals surface area contributed by atoms with E-state index < -0.39 is 5.97 Å². The van der Waals surface area contributed by atoms with Gasteiger partial charge in [-0.25, -0.2) is 4.79 Å². The highest BCUT2D eigenvalue weighted by Crippen LogP contribution is 2.12. The molecule has 0 aromatic heterocycles. The Labute approximate surface area is 149 Å². The van der Waals surface area contributed by atoms with Crippen molar-refractivity contribution in [2.45, 2.75) is 13.5 Å². The van der Waals surface area contributed by atoms with Crippen molar-refractivity contribution < 1.29 is 14.3 Å². The fourth-order valence-corrected chi connectivity index (χ4v) is 2.43. The zero-order valence-electron chi connectivity index (χ0n) is 13.3. The highest BCUT2D eigenvalue weighted by Gasteiger charge is 2.05. The fraction of sp³-hybridized carbons (Fsp3) is 0.158. The lowest BCUT2D eigenvalue weighted by Gasteiger charge is -2.07. The summed E-state index contributed by atoms with van der Waals surface area (Å²) < 4.78 is 5.85. The predicted molar refractivity (Wildman–Crippen MR) is 97.2 cm³/mol. The van der Waals surface area contributed by atoms with Gasteiger partial charge in [-0.3, -0.25) is 4.79 Å². The number of hydrogen-bond acceptors (Lipinski definition) is 3. The molecule has 1 N–H and O–H groups in total. The smallest absolute Gasteiger partial charge is 0.331 e. The van der Waals surface area contributed by atoms with E-state index >= 15 is 0 Å². The number of ether oxygens (including phenoxy) is 1. The number of hydrogen-bond donors (Lipinski definition) is 1. The Balaban J connectivity index is 1.75. The van der Waals surface area contributed by atoms with Gasteiger partial charge in [-0.2, -0.15) is 0 Å². The second-order valence-corrected chi connectivity index (χ2v) is 6.11. The molecule has 24 heavy (non-hydrogen) atoms. The van der Waals surface area contributed by atoms with E-state index in [-0.39, 0.29) is 12.5 Å². The van der Waals surface area contributed by atoms with Gasteiger partial charge in [0.2, 0.25) is 0 Å². The quantitative estimate of drug-likeness (QED) is 0.608. The van der Waals surface area contributed by atoms with Crippen LogP contribution in [0.4, 0.5) is 0 Å². The Bertz CT molecular complexity index is 756. The van der Waals surface area contributed by atoms with Crippen LogP contribution in [-0.4, -0.2) is 18.5 Å². The summed E-state index contributed by atoms with van der Waals surface area (Å²) >= 11 is 3.36. The van der Waals surface area contributed by atoms with Crippen molar-refractivity contribution in [2.24, 2.45) is 0 Å². The van der Waals surface area contributed by atoms with Crippen molar-refractivity contribution in [2.75, 3.05) is 6.61 Å². The Morgan fingerprint density at radius 3 is 2.71 bits per heavy atom. The van der Waals surface area contributed by atoms with Crippen LogP contribution in [0.15, 0.2) is 59.1 Å². The molecule has 0 aliphatic rings. The van der Waals surface area contributed by atoms with E-state index in [4.69, 9.17) is 4.74 Å². The van der Waals surface area contributed by atoms with Gasteiger partial charge in [0.25, 0.3) is 5.91 Å². The molecule has 0 aliphatic carbocycles.